The summed E-state index contributed by atoms with van der Waals surface area (Å²) in [7, 11) is 0. The summed E-state index contributed by atoms with van der Waals surface area (Å²) in [6, 6.07) is 6.53. The van der Waals surface area contributed by atoms with Gasteiger partial charge in [0.05, 0.1) is 11.3 Å². The summed E-state index contributed by atoms with van der Waals surface area (Å²) in [4.78, 5) is 11.8. The predicted molar refractivity (Wildman–Crippen MR) is 94.3 cm³/mol. The van der Waals surface area contributed by atoms with Crippen molar-refractivity contribution in [2.45, 2.75) is 38.9 Å². The molecule has 0 radical (unpaired) electrons. The maximum atomic E-state index is 14.1. The Hall–Kier alpha value is -1.89. The third kappa shape index (κ3) is 4.80. The molecular formula is C17H23FN4OS. The van der Waals surface area contributed by atoms with Crippen LogP contribution in [0.4, 0.5) is 4.39 Å². The number of hydrogen-bond acceptors (Lipinski definition) is 4. The number of carbonyl (C=O) groups excluding carboxylic acids is 1. The molecule has 0 saturated heterocycles. The Morgan fingerprint density at radius 3 is 2.75 bits per heavy atom. The average molecular weight is 350 g/mol. The van der Waals surface area contributed by atoms with Gasteiger partial charge in [-0.3, -0.25) is 4.79 Å². The first-order valence-electron chi connectivity index (χ1n) is 8.10. The molecule has 24 heavy (non-hydrogen) atoms. The normalized spacial score (nSPS) is 11.0. The number of rotatable bonds is 8. The molecule has 0 bridgehead atoms. The molecule has 2 aromatic rings. The van der Waals surface area contributed by atoms with Gasteiger partial charge in [0.2, 0.25) is 5.91 Å². The van der Waals surface area contributed by atoms with Gasteiger partial charge in [-0.15, -0.1) is 10.2 Å². The molecular weight excluding hydrogens is 327 g/mol. The van der Waals surface area contributed by atoms with E-state index in [1.54, 1.807) is 18.2 Å². The Morgan fingerprint density at radius 1 is 1.33 bits per heavy atom. The van der Waals surface area contributed by atoms with Crippen LogP contribution in [0.1, 0.15) is 27.2 Å². The Kier molecular flexibility index (Phi) is 6.78. The monoisotopic (exact) mass is 350 g/mol. The van der Waals surface area contributed by atoms with Crippen molar-refractivity contribution in [3.63, 3.8) is 0 Å². The lowest BCUT2D eigenvalue weighted by Crippen LogP contribution is -2.25. The molecule has 1 aromatic carbocycles. The van der Waals surface area contributed by atoms with E-state index in [0.29, 0.717) is 35.6 Å². The van der Waals surface area contributed by atoms with E-state index in [-0.39, 0.29) is 17.5 Å². The first-order chi connectivity index (χ1) is 11.5. The molecule has 0 atom stereocenters. The zero-order valence-corrected chi connectivity index (χ0v) is 15.1. The lowest BCUT2D eigenvalue weighted by Gasteiger charge is -2.12. The molecule has 0 spiro atoms. The molecule has 0 aliphatic rings. The summed E-state index contributed by atoms with van der Waals surface area (Å²) in [5.74, 6) is 0.756. The first-order valence-corrected chi connectivity index (χ1v) is 9.09. The van der Waals surface area contributed by atoms with Crippen molar-refractivity contribution in [2.24, 2.45) is 5.92 Å². The molecule has 0 fully saturated rings. The number of nitrogens with zero attached hydrogens (tertiary/aromatic N) is 3. The van der Waals surface area contributed by atoms with E-state index in [1.165, 1.54) is 17.8 Å². The van der Waals surface area contributed by atoms with Crippen LogP contribution in [0.2, 0.25) is 0 Å². The third-order valence-corrected chi connectivity index (χ3v) is 4.25. The quantitative estimate of drug-likeness (QED) is 0.742. The largest absolute Gasteiger partial charge is 0.355 e. The molecule has 2 rings (SSSR count). The second-order valence-corrected chi connectivity index (χ2v) is 6.87. The number of thioether (sulfide) groups is 1. The summed E-state index contributed by atoms with van der Waals surface area (Å²) in [6.07, 6.45) is 0.900. The summed E-state index contributed by atoms with van der Waals surface area (Å²) < 4.78 is 16.0. The van der Waals surface area contributed by atoms with Crippen LogP contribution in [-0.2, 0) is 11.3 Å². The van der Waals surface area contributed by atoms with Gasteiger partial charge in [-0.1, -0.05) is 44.7 Å². The van der Waals surface area contributed by atoms with E-state index in [4.69, 9.17) is 0 Å². The van der Waals surface area contributed by atoms with E-state index in [2.05, 4.69) is 29.4 Å². The summed E-state index contributed by atoms with van der Waals surface area (Å²) in [5, 5.41) is 11.8. The smallest absolute Gasteiger partial charge is 0.230 e. The molecule has 1 aromatic heterocycles. The molecule has 0 saturated carbocycles. The van der Waals surface area contributed by atoms with Crippen molar-refractivity contribution < 1.29 is 9.18 Å². The van der Waals surface area contributed by atoms with Crippen molar-refractivity contribution in [3.05, 3.63) is 30.1 Å². The number of amides is 1. The molecule has 0 aliphatic carbocycles. The summed E-state index contributed by atoms with van der Waals surface area (Å²) >= 11 is 1.32. The van der Waals surface area contributed by atoms with Gasteiger partial charge in [0.25, 0.3) is 0 Å². The standard InChI is InChI=1S/C17H23FN4OS/c1-4-9-19-15(23)11-24-17-21-20-16(22(17)10-12(2)3)13-7-5-6-8-14(13)18/h5-8,12H,4,9-11H2,1-3H3,(H,19,23). The number of hydrogen-bond donors (Lipinski definition) is 1. The Morgan fingerprint density at radius 2 is 2.08 bits per heavy atom. The Balaban J connectivity index is 2.23. The highest BCUT2D eigenvalue weighted by Gasteiger charge is 2.18. The van der Waals surface area contributed by atoms with Gasteiger partial charge in [0.15, 0.2) is 11.0 Å². The van der Waals surface area contributed by atoms with Gasteiger partial charge >= 0.3 is 0 Å². The van der Waals surface area contributed by atoms with Crippen LogP contribution in [-0.4, -0.2) is 33.0 Å². The van der Waals surface area contributed by atoms with Crippen LogP contribution in [0.25, 0.3) is 11.4 Å². The maximum absolute atomic E-state index is 14.1. The fourth-order valence-electron chi connectivity index (χ4n) is 2.21. The zero-order valence-electron chi connectivity index (χ0n) is 14.3. The van der Waals surface area contributed by atoms with Gasteiger partial charge in [0, 0.05) is 13.1 Å². The third-order valence-electron chi connectivity index (χ3n) is 3.28. The number of carbonyl (C=O) groups is 1. The SMILES string of the molecule is CCCNC(=O)CSc1nnc(-c2ccccc2F)n1CC(C)C. The lowest BCUT2D eigenvalue weighted by atomic mass is 10.2. The second-order valence-electron chi connectivity index (χ2n) is 5.93. The molecule has 1 amide bonds. The second kappa shape index (κ2) is 8.82. The number of aromatic nitrogens is 3. The Labute approximate surface area is 146 Å². The molecule has 0 aliphatic heterocycles. The van der Waals surface area contributed by atoms with Gasteiger partial charge < -0.3 is 9.88 Å². The van der Waals surface area contributed by atoms with Crippen LogP contribution in [0, 0.1) is 11.7 Å². The molecule has 130 valence electrons. The van der Waals surface area contributed by atoms with Crippen molar-refractivity contribution in [1.82, 2.24) is 20.1 Å². The number of nitrogens with one attached hydrogen (secondary N) is 1. The molecule has 7 heteroatoms. The lowest BCUT2D eigenvalue weighted by molar-refractivity contribution is -0.118. The van der Waals surface area contributed by atoms with E-state index < -0.39 is 0 Å². The van der Waals surface area contributed by atoms with Crippen LogP contribution < -0.4 is 5.32 Å². The first kappa shape index (κ1) is 18.4. The number of benzene rings is 1. The minimum atomic E-state index is -0.327. The highest BCUT2D eigenvalue weighted by atomic mass is 32.2. The van der Waals surface area contributed by atoms with Crippen molar-refractivity contribution >= 4 is 17.7 Å². The van der Waals surface area contributed by atoms with Gasteiger partial charge in [-0.05, 0) is 24.5 Å². The minimum Gasteiger partial charge on any atom is -0.355 e. The van der Waals surface area contributed by atoms with Gasteiger partial charge in [0.1, 0.15) is 5.82 Å². The maximum Gasteiger partial charge on any atom is 0.230 e. The fourth-order valence-corrected chi connectivity index (χ4v) is 2.99. The minimum absolute atomic E-state index is 0.0339. The Bertz CT molecular complexity index is 687. The van der Waals surface area contributed by atoms with E-state index in [1.807, 2.05) is 11.5 Å². The van der Waals surface area contributed by atoms with Crippen LogP contribution in [0.3, 0.4) is 0 Å². The van der Waals surface area contributed by atoms with Gasteiger partial charge in [-0.25, -0.2) is 4.39 Å². The fraction of sp³-hybridized carbons (Fsp3) is 0.471. The van der Waals surface area contributed by atoms with Crippen molar-refractivity contribution in [3.8, 4) is 11.4 Å². The summed E-state index contributed by atoms with van der Waals surface area (Å²) in [5.41, 5.74) is 0.424. The molecule has 5 nitrogen and oxygen atoms in total. The number of halogens is 1. The highest BCUT2D eigenvalue weighted by molar-refractivity contribution is 7.99. The van der Waals surface area contributed by atoms with E-state index in [9.17, 15) is 9.18 Å². The topological polar surface area (TPSA) is 59.8 Å². The van der Waals surface area contributed by atoms with Crippen molar-refractivity contribution in [2.75, 3.05) is 12.3 Å². The van der Waals surface area contributed by atoms with Crippen LogP contribution in [0.15, 0.2) is 29.4 Å². The summed E-state index contributed by atoms with van der Waals surface area (Å²) in [6.45, 7) is 7.49. The molecule has 0 unspecified atom stereocenters. The van der Waals surface area contributed by atoms with E-state index in [0.717, 1.165) is 6.42 Å². The zero-order chi connectivity index (χ0) is 17.5. The van der Waals surface area contributed by atoms with Gasteiger partial charge in [-0.2, -0.15) is 0 Å². The van der Waals surface area contributed by atoms with Crippen LogP contribution in [0.5, 0.6) is 0 Å². The molecule has 1 heterocycles. The van der Waals surface area contributed by atoms with Crippen LogP contribution >= 0.6 is 11.8 Å². The highest BCUT2D eigenvalue weighted by Crippen LogP contribution is 2.26. The predicted octanol–water partition coefficient (Wildman–Crippen LogP) is 3.36. The van der Waals surface area contributed by atoms with E-state index >= 15 is 0 Å². The average Bonchev–Trinajstić information content (AvgIpc) is 2.93. The molecule has 1 N–H and O–H groups in total. The van der Waals surface area contributed by atoms with Crippen molar-refractivity contribution in [1.29, 1.82) is 0 Å².